The summed E-state index contributed by atoms with van der Waals surface area (Å²) in [5.74, 6) is 0.222. The van der Waals surface area contributed by atoms with Gasteiger partial charge in [0.1, 0.15) is 0 Å². The fraction of sp³-hybridized carbons (Fsp3) is 0.923. The number of ether oxygens (including phenoxy) is 1. The van der Waals surface area contributed by atoms with Crippen molar-refractivity contribution in [2.45, 2.75) is 51.6 Å². The van der Waals surface area contributed by atoms with Crippen molar-refractivity contribution in [3.8, 4) is 0 Å². The highest BCUT2D eigenvalue weighted by Crippen LogP contribution is 2.15. The van der Waals surface area contributed by atoms with Gasteiger partial charge >= 0.3 is 0 Å². The third-order valence-corrected chi connectivity index (χ3v) is 3.33. The Kier molecular flexibility index (Phi) is 7.21. The molecule has 0 aliphatic carbocycles. The number of rotatable bonds is 7. The molecule has 4 heteroatoms. The average Bonchev–Trinajstić information content (AvgIpc) is 2.37. The Morgan fingerprint density at radius 3 is 3.00 bits per heavy atom. The van der Waals surface area contributed by atoms with E-state index in [0.717, 1.165) is 38.8 Å². The van der Waals surface area contributed by atoms with Crippen LogP contribution in [0.1, 0.15) is 45.4 Å². The second-order valence-electron chi connectivity index (χ2n) is 4.90. The van der Waals surface area contributed by atoms with E-state index in [0.29, 0.717) is 12.6 Å². The van der Waals surface area contributed by atoms with Gasteiger partial charge in [0.05, 0.1) is 6.10 Å². The molecule has 3 N–H and O–H groups in total. The topological polar surface area (TPSA) is 64.4 Å². The highest BCUT2D eigenvalue weighted by molar-refractivity contribution is 5.78. The number of hydrogen-bond acceptors (Lipinski definition) is 3. The van der Waals surface area contributed by atoms with Crippen LogP contribution in [-0.2, 0) is 9.53 Å². The predicted octanol–water partition coefficient (Wildman–Crippen LogP) is 1.44. The summed E-state index contributed by atoms with van der Waals surface area (Å²) in [7, 11) is 0. The Hall–Kier alpha value is -0.610. The molecule has 1 rings (SSSR count). The first-order valence-corrected chi connectivity index (χ1v) is 6.83. The minimum absolute atomic E-state index is 0.0748. The monoisotopic (exact) mass is 242 g/mol. The molecule has 1 fully saturated rings. The molecule has 0 bridgehead atoms. The van der Waals surface area contributed by atoms with Crippen molar-refractivity contribution in [2.75, 3.05) is 19.7 Å². The number of carbonyl (C=O) groups is 1. The minimum atomic E-state index is 0.0748. The Morgan fingerprint density at radius 2 is 2.35 bits per heavy atom. The summed E-state index contributed by atoms with van der Waals surface area (Å²) >= 11 is 0. The summed E-state index contributed by atoms with van der Waals surface area (Å²) in [5.41, 5.74) is 5.43. The van der Waals surface area contributed by atoms with Gasteiger partial charge in [0, 0.05) is 19.1 Å². The van der Waals surface area contributed by atoms with Crippen molar-refractivity contribution in [1.29, 1.82) is 0 Å². The molecular formula is C13H26N2O2. The van der Waals surface area contributed by atoms with Gasteiger partial charge in [0.2, 0.25) is 5.91 Å². The number of nitrogens with one attached hydrogen (secondary N) is 1. The van der Waals surface area contributed by atoms with Crippen molar-refractivity contribution in [3.63, 3.8) is 0 Å². The minimum Gasteiger partial charge on any atom is -0.378 e. The molecule has 1 aliphatic heterocycles. The van der Waals surface area contributed by atoms with Crippen molar-refractivity contribution in [2.24, 2.45) is 11.7 Å². The molecule has 0 saturated carbocycles. The van der Waals surface area contributed by atoms with Gasteiger partial charge in [-0.2, -0.15) is 0 Å². The highest BCUT2D eigenvalue weighted by Gasteiger charge is 2.15. The van der Waals surface area contributed by atoms with E-state index in [4.69, 9.17) is 10.5 Å². The van der Waals surface area contributed by atoms with E-state index in [1.807, 2.05) is 6.92 Å². The molecule has 0 aromatic rings. The lowest BCUT2D eigenvalue weighted by molar-refractivity contribution is -0.124. The van der Waals surface area contributed by atoms with E-state index in [2.05, 4.69) is 5.32 Å². The molecule has 17 heavy (non-hydrogen) atoms. The van der Waals surface area contributed by atoms with Crippen LogP contribution in [0.15, 0.2) is 0 Å². The smallest absolute Gasteiger partial charge is 0.222 e. The zero-order chi connectivity index (χ0) is 12.5. The second kappa shape index (κ2) is 8.48. The lowest BCUT2D eigenvalue weighted by Gasteiger charge is -2.22. The first-order chi connectivity index (χ1) is 8.24. The summed E-state index contributed by atoms with van der Waals surface area (Å²) in [5, 5.41) is 2.98. The largest absolute Gasteiger partial charge is 0.378 e. The molecule has 1 aliphatic rings. The standard InChI is InChI=1S/C13H26N2O2/c1-11(5-4-8-14)13(16)15-9-7-12-6-2-3-10-17-12/h11-12H,2-10,14H2,1H3,(H,15,16). The Balaban J connectivity index is 2.06. The van der Waals surface area contributed by atoms with E-state index in [9.17, 15) is 4.79 Å². The first kappa shape index (κ1) is 14.5. The van der Waals surface area contributed by atoms with Crippen LogP contribution in [-0.4, -0.2) is 31.7 Å². The van der Waals surface area contributed by atoms with E-state index >= 15 is 0 Å². The first-order valence-electron chi connectivity index (χ1n) is 6.83. The van der Waals surface area contributed by atoms with Gasteiger partial charge < -0.3 is 15.8 Å². The SMILES string of the molecule is CC(CCCN)C(=O)NCCC1CCCCO1. The number of nitrogens with two attached hydrogens (primary N) is 1. The number of carbonyl (C=O) groups excluding carboxylic acids is 1. The number of hydrogen-bond donors (Lipinski definition) is 2. The zero-order valence-electron chi connectivity index (χ0n) is 10.9. The normalized spacial score (nSPS) is 22.1. The predicted molar refractivity (Wildman–Crippen MR) is 68.7 cm³/mol. The van der Waals surface area contributed by atoms with Gasteiger partial charge in [-0.3, -0.25) is 4.79 Å². The van der Waals surface area contributed by atoms with Gasteiger partial charge in [-0.1, -0.05) is 6.92 Å². The fourth-order valence-corrected chi connectivity index (χ4v) is 2.12. The van der Waals surface area contributed by atoms with Crippen LogP contribution in [0.3, 0.4) is 0 Å². The van der Waals surface area contributed by atoms with Crippen molar-refractivity contribution in [1.82, 2.24) is 5.32 Å². The lowest BCUT2D eigenvalue weighted by atomic mass is 10.0. The molecule has 0 aromatic heterocycles. The summed E-state index contributed by atoms with van der Waals surface area (Å²) in [4.78, 5) is 11.7. The third-order valence-electron chi connectivity index (χ3n) is 3.33. The molecule has 1 saturated heterocycles. The molecule has 100 valence electrons. The van der Waals surface area contributed by atoms with Crippen LogP contribution in [0.5, 0.6) is 0 Å². The van der Waals surface area contributed by atoms with Crippen molar-refractivity contribution >= 4 is 5.91 Å². The maximum atomic E-state index is 11.7. The van der Waals surface area contributed by atoms with Crippen LogP contribution >= 0.6 is 0 Å². The van der Waals surface area contributed by atoms with Crippen LogP contribution < -0.4 is 11.1 Å². The number of amides is 1. The van der Waals surface area contributed by atoms with E-state index < -0.39 is 0 Å². The maximum absolute atomic E-state index is 11.7. The lowest BCUT2D eigenvalue weighted by Crippen LogP contribution is -2.33. The van der Waals surface area contributed by atoms with E-state index in [-0.39, 0.29) is 11.8 Å². The molecule has 4 nitrogen and oxygen atoms in total. The Morgan fingerprint density at radius 1 is 1.53 bits per heavy atom. The Labute approximate surface area is 104 Å². The van der Waals surface area contributed by atoms with Gasteiger partial charge in [-0.05, 0) is 45.1 Å². The molecule has 2 unspecified atom stereocenters. The van der Waals surface area contributed by atoms with Crippen LogP contribution in [0.2, 0.25) is 0 Å². The summed E-state index contributed by atoms with van der Waals surface area (Å²) in [6, 6.07) is 0. The third kappa shape index (κ3) is 6.03. The molecule has 2 atom stereocenters. The van der Waals surface area contributed by atoms with Crippen molar-refractivity contribution in [3.05, 3.63) is 0 Å². The summed E-state index contributed by atoms with van der Waals surface area (Å²) < 4.78 is 5.62. The quantitative estimate of drug-likeness (QED) is 0.710. The zero-order valence-corrected chi connectivity index (χ0v) is 10.9. The fourth-order valence-electron chi connectivity index (χ4n) is 2.12. The van der Waals surface area contributed by atoms with Crippen molar-refractivity contribution < 1.29 is 9.53 Å². The van der Waals surface area contributed by atoms with E-state index in [1.54, 1.807) is 0 Å². The van der Waals surface area contributed by atoms with Gasteiger partial charge in [-0.25, -0.2) is 0 Å². The molecule has 1 heterocycles. The van der Waals surface area contributed by atoms with Crippen LogP contribution in [0, 0.1) is 5.92 Å². The molecule has 0 aromatic carbocycles. The summed E-state index contributed by atoms with van der Waals surface area (Å²) in [6.07, 6.45) is 6.66. The molecule has 1 amide bonds. The molecule has 0 spiro atoms. The second-order valence-corrected chi connectivity index (χ2v) is 4.90. The molecule has 0 radical (unpaired) electrons. The highest BCUT2D eigenvalue weighted by atomic mass is 16.5. The van der Waals surface area contributed by atoms with Gasteiger partial charge in [0.25, 0.3) is 0 Å². The Bertz CT molecular complexity index is 215. The van der Waals surface area contributed by atoms with Gasteiger partial charge in [0.15, 0.2) is 0 Å². The van der Waals surface area contributed by atoms with Gasteiger partial charge in [-0.15, -0.1) is 0 Å². The van der Waals surface area contributed by atoms with Crippen LogP contribution in [0.4, 0.5) is 0 Å². The average molecular weight is 242 g/mol. The molecular weight excluding hydrogens is 216 g/mol. The van der Waals surface area contributed by atoms with Crippen LogP contribution in [0.25, 0.3) is 0 Å². The summed E-state index contributed by atoms with van der Waals surface area (Å²) in [6.45, 7) is 4.23. The van der Waals surface area contributed by atoms with E-state index in [1.165, 1.54) is 12.8 Å². The maximum Gasteiger partial charge on any atom is 0.222 e.